The van der Waals surface area contributed by atoms with E-state index in [2.05, 4.69) is 10.6 Å². The van der Waals surface area contributed by atoms with Crippen molar-refractivity contribution in [1.82, 2.24) is 10.2 Å². The molecule has 3 amide bonds. The summed E-state index contributed by atoms with van der Waals surface area (Å²) in [5.74, 6) is 0.0225. The van der Waals surface area contributed by atoms with Crippen molar-refractivity contribution >= 4 is 29.2 Å². The minimum atomic E-state index is -0.287. The van der Waals surface area contributed by atoms with Gasteiger partial charge in [0.25, 0.3) is 5.91 Å². The van der Waals surface area contributed by atoms with E-state index in [1.54, 1.807) is 24.3 Å². The van der Waals surface area contributed by atoms with Crippen LogP contribution in [0.1, 0.15) is 28.8 Å². The lowest BCUT2D eigenvalue weighted by atomic mass is 10.1. The van der Waals surface area contributed by atoms with E-state index in [0.29, 0.717) is 22.8 Å². The molecule has 0 aliphatic carbocycles. The van der Waals surface area contributed by atoms with Crippen LogP contribution in [0.4, 0.5) is 10.5 Å². The molecule has 2 aromatic rings. The van der Waals surface area contributed by atoms with Crippen LogP contribution in [0.25, 0.3) is 0 Å². The van der Waals surface area contributed by atoms with Crippen LogP contribution >= 0.6 is 11.6 Å². The van der Waals surface area contributed by atoms with Crippen molar-refractivity contribution in [1.29, 1.82) is 0 Å². The second kappa shape index (κ2) is 8.72. The number of hydrogen-bond donors (Lipinski definition) is 2. The fourth-order valence-electron chi connectivity index (χ4n) is 2.98. The minimum absolute atomic E-state index is 0.0225. The topological polar surface area (TPSA) is 61.4 Å². The van der Waals surface area contributed by atoms with Crippen LogP contribution in [0.5, 0.6) is 0 Å². The molecule has 136 valence electrons. The molecule has 1 heterocycles. The van der Waals surface area contributed by atoms with Crippen LogP contribution in [-0.4, -0.2) is 36.5 Å². The van der Waals surface area contributed by atoms with Crippen molar-refractivity contribution in [3.05, 3.63) is 64.7 Å². The summed E-state index contributed by atoms with van der Waals surface area (Å²) >= 11 is 5.86. The predicted octanol–water partition coefficient (Wildman–Crippen LogP) is 3.94. The summed E-state index contributed by atoms with van der Waals surface area (Å²) in [6, 6.07) is 14.3. The molecule has 3 rings (SSSR count). The van der Waals surface area contributed by atoms with Gasteiger partial charge >= 0.3 is 6.03 Å². The highest BCUT2D eigenvalue weighted by Crippen LogP contribution is 2.16. The minimum Gasteiger partial charge on any atom is -0.339 e. The largest absolute Gasteiger partial charge is 0.339 e. The van der Waals surface area contributed by atoms with Gasteiger partial charge in [0.15, 0.2) is 0 Å². The van der Waals surface area contributed by atoms with E-state index >= 15 is 0 Å². The Morgan fingerprint density at radius 1 is 1.04 bits per heavy atom. The average Bonchev–Trinajstić information content (AvgIpc) is 3.18. The second-order valence-corrected chi connectivity index (χ2v) is 6.77. The van der Waals surface area contributed by atoms with Gasteiger partial charge in [0.1, 0.15) is 0 Å². The number of rotatable bonds is 5. The Hall–Kier alpha value is -2.53. The molecule has 1 aliphatic heterocycles. The first-order valence-electron chi connectivity index (χ1n) is 8.80. The van der Waals surface area contributed by atoms with Crippen molar-refractivity contribution < 1.29 is 9.59 Å². The molecule has 1 aliphatic rings. The molecule has 2 aromatic carbocycles. The van der Waals surface area contributed by atoms with Gasteiger partial charge in [-0.15, -0.1) is 0 Å². The summed E-state index contributed by atoms with van der Waals surface area (Å²) in [6.07, 6.45) is 2.83. The summed E-state index contributed by atoms with van der Waals surface area (Å²) in [4.78, 5) is 26.3. The Bertz CT molecular complexity index is 771. The lowest BCUT2D eigenvalue weighted by Crippen LogP contribution is -2.31. The van der Waals surface area contributed by atoms with Gasteiger partial charge in [-0.05, 0) is 55.2 Å². The van der Waals surface area contributed by atoms with Crippen molar-refractivity contribution in [3.8, 4) is 0 Å². The van der Waals surface area contributed by atoms with Crippen molar-refractivity contribution in [3.63, 3.8) is 0 Å². The quantitative estimate of drug-likeness (QED) is 0.836. The maximum atomic E-state index is 12.4. The zero-order valence-electron chi connectivity index (χ0n) is 14.5. The molecule has 0 atom stereocenters. The summed E-state index contributed by atoms with van der Waals surface area (Å²) in [7, 11) is 0. The number of benzene rings is 2. The first kappa shape index (κ1) is 18.3. The summed E-state index contributed by atoms with van der Waals surface area (Å²) in [6.45, 7) is 2.13. The Morgan fingerprint density at radius 3 is 2.50 bits per heavy atom. The second-order valence-electron chi connectivity index (χ2n) is 6.34. The van der Waals surface area contributed by atoms with Crippen LogP contribution in [0.2, 0.25) is 5.02 Å². The number of nitrogens with one attached hydrogen (secondary N) is 2. The highest BCUT2D eigenvalue weighted by molar-refractivity contribution is 6.30. The number of hydrogen-bond acceptors (Lipinski definition) is 2. The third-order valence-corrected chi connectivity index (χ3v) is 4.63. The molecule has 0 bridgehead atoms. The molecule has 6 heteroatoms. The molecule has 2 N–H and O–H groups in total. The zero-order chi connectivity index (χ0) is 18.4. The maximum absolute atomic E-state index is 12.4. The number of halogens is 1. The Morgan fingerprint density at radius 2 is 1.77 bits per heavy atom. The lowest BCUT2D eigenvalue weighted by molar-refractivity contribution is 0.0793. The molecule has 26 heavy (non-hydrogen) atoms. The number of likely N-dealkylation sites (tertiary alicyclic amines) is 1. The third kappa shape index (κ3) is 4.99. The monoisotopic (exact) mass is 371 g/mol. The van der Waals surface area contributed by atoms with E-state index in [4.69, 9.17) is 11.6 Å². The standard InChI is InChI=1S/C20H22ClN3O2/c21-17-8-6-15(7-9-17)10-11-22-20(26)23-18-5-3-4-16(14-18)19(25)24-12-1-2-13-24/h3-9,14H,1-2,10-13H2,(H2,22,23,26). The van der Waals surface area contributed by atoms with Crippen LogP contribution in [0, 0.1) is 0 Å². The number of urea groups is 1. The fourth-order valence-corrected chi connectivity index (χ4v) is 3.11. The molecule has 0 saturated carbocycles. The van der Waals surface area contributed by atoms with Gasteiger partial charge in [0.05, 0.1) is 0 Å². The summed E-state index contributed by atoms with van der Waals surface area (Å²) < 4.78 is 0. The van der Waals surface area contributed by atoms with Crippen molar-refractivity contribution in [2.75, 3.05) is 25.0 Å². The van der Waals surface area contributed by atoms with Crippen molar-refractivity contribution in [2.24, 2.45) is 0 Å². The van der Waals surface area contributed by atoms with E-state index < -0.39 is 0 Å². The number of nitrogens with zero attached hydrogens (tertiary/aromatic N) is 1. The third-order valence-electron chi connectivity index (χ3n) is 4.37. The van der Waals surface area contributed by atoms with Crippen LogP contribution in [-0.2, 0) is 6.42 Å². The molecule has 5 nitrogen and oxygen atoms in total. The molecular formula is C20H22ClN3O2. The fraction of sp³-hybridized carbons (Fsp3) is 0.300. The maximum Gasteiger partial charge on any atom is 0.319 e. The van der Waals surface area contributed by atoms with Gasteiger partial charge in [-0.1, -0.05) is 29.8 Å². The van der Waals surface area contributed by atoms with Crippen LogP contribution in [0.15, 0.2) is 48.5 Å². The Balaban J connectivity index is 1.50. The Kier molecular flexibility index (Phi) is 6.12. The van der Waals surface area contributed by atoms with Crippen molar-refractivity contribution in [2.45, 2.75) is 19.3 Å². The number of anilines is 1. The van der Waals surface area contributed by atoms with E-state index in [9.17, 15) is 9.59 Å². The van der Waals surface area contributed by atoms with Crippen LogP contribution < -0.4 is 10.6 Å². The predicted molar refractivity (Wildman–Crippen MR) is 104 cm³/mol. The molecule has 0 unspecified atom stereocenters. The first-order valence-corrected chi connectivity index (χ1v) is 9.18. The molecule has 0 aromatic heterocycles. The van der Waals surface area contributed by atoms with E-state index in [0.717, 1.165) is 37.9 Å². The van der Waals surface area contributed by atoms with Gasteiger partial charge in [-0.25, -0.2) is 4.79 Å². The smallest absolute Gasteiger partial charge is 0.319 e. The number of carbonyl (C=O) groups is 2. The summed E-state index contributed by atoms with van der Waals surface area (Å²) in [5.41, 5.74) is 2.32. The van der Waals surface area contributed by atoms with Gasteiger partial charge in [0.2, 0.25) is 0 Å². The number of carbonyl (C=O) groups excluding carboxylic acids is 2. The van der Waals surface area contributed by atoms with E-state index in [1.165, 1.54) is 0 Å². The molecule has 0 spiro atoms. The number of amides is 3. The molecule has 0 radical (unpaired) electrons. The molecular weight excluding hydrogens is 350 g/mol. The van der Waals surface area contributed by atoms with Gasteiger partial charge in [-0.2, -0.15) is 0 Å². The highest BCUT2D eigenvalue weighted by Gasteiger charge is 2.19. The normalized spacial score (nSPS) is 13.5. The van der Waals surface area contributed by atoms with Crippen LogP contribution in [0.3, 0.4) is 0 Å². The van der Waals surface area contributed by atoms with Gasteiger partial charge in [-0.3, -0.25) is 4.79 Å². The first-order chi connectivity index (χ1) is 12.6. The Labute approximate surface area is 158 Å². The SMILES string of the molecule is O=C(NCCc1ccc(Cl)cc1)Nc1cccc(C(=O)N2CCCC2)c1. The molecule has 1 saturated heterocycles. The lowest BCUT2D eigenvalue weighted by Gasteiger charge is -2.16. The van der Waals surface area contributed by atoms with Gasteiger partial charge < -0.3 is 15.5 Å². The van der Waals surface area contributed by atoms with Gasteiger partial charge in [0, 0.05) is 35.9 Å². The average molecular weight is 372 g/mol. The summed E-state index contributed by atoms with van der Waals surface area (Å²) in [5, 5.41) is 6.30. The zero-order valence-corrected chi connectivity index (χ0v) is 15.3. The van der Waals surface area contributed by atoms with E-state index in [1.807, 2.05) is 29.2 Å². The highest BCUT2D eigenvalue weighted by atomic mass is 35.5. The molecule has 1 fully saturated rings. The van der Waals surface area contributed by atoms with E-state index in [-0.39, 0.29) is 11.9 Å².